The molecule has 0 aromatic rings. The first kappa shape index (κ1) is 20.9. The van der Waals surface area contributed by atoms with Gasteiger partial charge in [-0.1, -0.05) is 6.92 Å². The van der Waals surface area contributed by atoms with Gasteiger partial charge in [-0.2, -0.15) is 0 Å². The number of rotatable bonds is 1. The Morgan fingerprint density at radius 1 is 0.938 bits per heavy atom. The van der Waals surface area contributed by atoms with Crippen molar-refractivity contribution in [1.82, 2.24) is 0 Å². The van der Waals surface area contributed by atoms with Gasteiger partial charge in [0, 0.05) is 25.5 Å². The highest BCUT2D eigenvalue weighted by molar-refractivity contribution is 7.62. The van der Waals surface area contributed by atoms with Crippen LogP contribution in [0.3, 0.4) is 0 Å². The molecule has 0 fully saturated rings. The standard InChI is InChI=1S/2C4H9N.C4H11OP/c2*1-4(2)5-3;1-4-6(2,3)5/h2*1-3H3;4H2,1-3H3. The van der Waals surface area contributed by atoms with E-state index in [1.54, 1.807) is 27.4 Å². The zero-order chi connectivity index (χ0) is 13.8. The molecule has 0 N–H and O–H groups in total. The van der Waals surface area contributed by atoms with Crippen LogP contribution < -0.4 is 0 Å². The SMILES string of the molecule is CCP(C)(C)=O.CN=C(C)C.CN=C(C)C. The summed E-state index contributed by atoms with van der Waals surface area (Å²) in [7, 11) is 1.93. The minimum atomic E-state index is -1.65. The quantitative estimate of drug-likeness (QED) is 0.513. The first-order chi connectivity index (χ1) is 7.10. The maximum absolute atomic E-state index is 10.6. The molecule has 98 valence electrons. The predicted octanol–water partition coefficient (Wildman–Crippen LogP) is 3.82. The third kappa shape index (κ3) is 49.7. The maximum Gasteiger partial charge on any atom is 0.0816 e. The summed E-state index contributed by atoms with van der Waals surface area (Å²) in [5.41, 5.74) is 2.26. The van der Waals surface area contributed by atoms with Crippen molar-refractivity contribution < 1.29 is 4.57 Å². The van der Waals surface area contributed by atoms with Crippen molar-refractivity contribution in [3.05, 3.63) is 0 Å². The average Bonchev–Trinajstić information content (AvgIpc) is 2.18. The van der Waals surface area contributed by atoms with Crippen LogP contribution in [0.4, 0.5) is 0 Å². The van der Waals surface area contributed by atoms with Gasteiger partial charge in [-0.3, -0.25) is 9.98 Å². The van der Waals surface area contributed by atoms with E-state index in [0.717, 1.165) is 17.6 Å². The van der Waals surface area contributed by atoms with Crippen molar-refractivity contribution >= 4 is 18.6 Å². The van der Waals surface area contributed by atoms with Crippen LogP contribution in [0.1, 0.15) is 34.6 Å². The van der Waals surface area contributed by atoms with Crippen LogP contribution in [0.5, 0.6) is 0 Å². The minimum absolute atomic E-state index is 0.826. The molecule has 0 aromatic heterocycles. The Kier molecular flexibility index (Phi) is 16.5. The van der Waals surface area contributed by atoms with Gasteiger partial charge >= 0.3 is 0 Å². The smallest absolute Gasteiger partial charge is 0.0816 e. The normalized spacial score (nSPS) is 8.81. The molecule has 0 aliphatic rings. The summed E-state index contributed by atoms with van der Waals surface area (Å²) in [6.45, 7) is 13.4. The first-order valence-corrected chi connectivity index (χ1v) is 8.23. The zero-order valence-corrected chi connectivity index (χ0v) is 13.4. The van der Waals surface area contributed by atoms with Crippen molar-refractivity contribution in [3.63, 3.8) is 0 Å². The first-order valence-electron chi connectivity index (χ1n) is 5.44. The number of nitrogens with zero attached hydrogens (tertiary/aromatic N) is 2. The fourth-order valence-electron chi connectivity index (χ4n) is 0. The number of aliphatic imine (C=N–C) groups is 2. The van der Waals surface area contributed by atoms with E-state index in [2.05, 4.69) is 9.98 Å². The maximum atomic E-state index is 10.6. The lowest BCUT2D eigenvalue weighted by atomic mass is 10.5. The summed E-state index contributed by atoms with van der Waals surface area (Å²) in [5, 5.41) is 0. The summed E-state index contributed by atoms with van der Waals surface area (Å²) in [6, 6.07) is 0. The van der Waals surface area contributed by atoms with Crippen LogP contribution in [-0.2, 0) is 4.57 Å². The van der Waals surface area contributed by atoms with Gasteiger partial charge in [0.25, 0.3) is 0 Å². The molecule has 0 heterocycles. The molecule has 0 spiro atoms. The van der Waals surface area contributed by atoms with Crippen molar-refractivity contribution in [3.8, 4) is 0 Å². The van der Waals surface area contributed by atoms with Gasteiger partial charge in [-0.05, 0) is 47.2 Å². The Balaban J connectivity index is -0.000000160. The van der Waals surface area contributed by atoms with Gasteiger partial charge in [-0.25, -0.2) is 0 Å². The lowest BCUT2D eigenvalue weighted by molar-refractivity contribution is 0.583. The molecule has 0 bridgehead atoms. The van der Waals surface area contributed by atoms with Crippen LogP contribution >= 0.6 is 7.14 Å². The molecule has 4 heteroatoms. The summed E-state index contributed by atoms with van der Waals surface area (Å²) < 4.78 is 10.6. The Labute approximate surface area is 102 Å². The van der Waals surface area contributed by atoms with Crippen LogP contribution in [0, 0.1) is 0 Å². The Bertz CT molecular complexity index is 228. The highest BCUT2D eigenvalue weighted by Gasteiger charge is 1.98. The molecule has 0 aliphatic heterocycles. The van der Waals surface area contributed by atoms with Crippen molar-refractivity contribution in [2.45, 2.75) is 34.6 Å². The molecule has 0 amide bonds. The third-order valence-corrected chi connectivity index (χ3v) is 3.18. The molecule has 0 saturated carbocycles. The second kappa shape index (κ2) is 12.6. The Hall–Kier alpha value is -0.430. The van der Waals surface area contributed by atoms with E-state index in [1.165, 1.54) is 0 Å². The predicted molar refractivity (Wildman–Crippen MR) is 79.4 cm³/mol. The van der Waals surface area contributed by atoms with Crippen LogP contribution in [-0.4, -0.2) is 45.0 Å². The van der Waals surface area contributed by atoms with Crippen LogP contribution in [0.15, 0.2) is 9.98 Å². The molecular weight excluding hydrogens is 219 g/mol. The van der Waals surface area contributed by atoms with E-state index in [1.807, 2.05) is 34.6 Å². The van der Waals surface area contributed by atoms with E-state index in [0.29, 0.717) is 0 Å². The fourth-order valence-corrected chi connectivity index (χ4v) is 0. The minimum Gasteiger partial charge on any atom is -0.324 e. The van der Waals surface area contributed by atoms with E-state index < -0.39 is 7.14 Å². The molecule has 16 heavy (non-hydrogen) atoms. The van der Waals surface area contributed by atoms with Crippen LogP contribution in [0.2, 0.25) is 0 Å². The van der Waals surface area contributed by atoms with E-state index >= 15 is 0 Å². The monoisotopic (exact) mass is 248 g/mol. The molecule has 0 saturated heterocycles. The summed E-state index contributed by atoms with van der Waals surface area (Å²) in [4.78, 5) is 7.61. The van der Waals surface area contributed by atoms with Gasteiger partial charge in [0.05, 0.1) is 7.14 Å². The largest absolute Gasteiger partial charge is 0.324 e. The lowest BCUT2D eigenvalue weighted by Gasteiger charge is -1.95. The van der Waals surface area contributed by atoms with Gasteiger partial charge in [0.2, 0.25) is 0 Å². The second-order valence-corrected chi connectivity index (χ2v) is 8.01. The molecule has 0 rings (SSSR count). The van der Waals surface area contributed by atoms with Crippen LogP contribution in [0.25, 0.3) is 0 Å². The lowest BCUT2D eigenvalue weighted by Crippen LogP contribution is -1.74. The highest BCUT2D eigenvalue weighted by atomic mass is 31.2. The molecule has 0 aromatic carbocycles. The molecular formula is C12H29N2OP. The average molecular weight is 248 g/mol. The number of hydrogen-bond acceptors (Lipinski definition) is 3. The van der Waals surface area contributed by atoms with E-state index in [9.17, 15) is 4.57 Å². The van der Waals surface area contributed by atoms with Crippen molar-refractivity contribution in [2.75, 3.05) is 33.6 Å². The Morgan fingerprint density at radius 3 is 1.06 bits per heavy atom. The summed E-state index contributed by atoms with van der Waals surface area (Å²) in [5.74, 6) is 0. The third-order valence-electron chi connectivity index (χ3n) is 1.66. The molecule has 0 radical (unpaired) electrons. The van der Waals surface area contributed by atoms with Gasteiger partial charge in [-0.15, -0.1) is 0 Å². The fraction of sp³-hybridized carbons (Fsp3) is 0.833. The second-order valence-electron chi connectivity index (χ2n) is 4.23. The summed E-state index contributed by atoms with van der Waals surface area (Å²) >= 11 is 0. The van der Waals surface area contributed by atoms with Crippen molar-refractivity contribution in [2.24, 2.45) is 9.98 Å². The number of hydrogen-bond donors (Lipinski definition) is 0. The van der Waals surface area contributed by atoms with Crippen molar-refractivity contribution in [1.29, 1.82) is 0 Å². The molecule has 0 atom stereocenters. The van der Waals surface area contributed by atoms with Gasteiger partial charge in [0.1, 0.15) is 0 Å². The topological polar surface area (TPSA) is 41.8 Å². The molecule has 0 unspecified atom stereocenters. The highest BCUT2D eigenvalue weighted by Crippen LogP contribution is 2.34. The summed E-state index contributed by atoms with van der Waals surface area (Å²) in [6.07, 6.45) is 0.826. The van der Waals surface area contributed by atoms with E-state index in [4.69, 9.17) is 0 Å². The zero-order valence-electron chi connectivity index (χ0n) is 12.5. The Morgan fingerprint density at radius 2 is 1.06 bits per heavy atom. The molecule has 3 nitrogen and oxygen atoms in total. The van der Waals surface area contributed by atoms with Gasteiger partial charge < -0.3 is 4.57 Å². The molecule has 0 aliphatic carbocycles. The van der Waals surface area contributed by atoms with Gasteiger partial charge in [0.15, 0.2) is 0 Å². The van der Waals surface area contributed by atoms with E-state index in [-0.39, 0.29) is 0 Å².